The summed E-state index contributed by atoms with van der Waals surface area (Å²) in [6, 6.07) is 4.08. The van der Waals surface area contributed by atoms with Gasteiger partial charge in [-0.1, -0.05) is 6.08 Å². The SMILES string of the molecule is C=CCSCCNCc1cc(Br)c(OCC)c(OC)c1. The van der Waals surface area contributed by atoms with Crippen molar-refractivity contribution in [3.8, 4) is 11.5 Å². The van der Waals surface area contributed by atoms with Crippen molar-refractivity contribution in [1.29, 1.82) is 0 Å². The topological polar surface area (TPSA) is 30.5 Å². The summed E-state index contributed by atoms with van der Waals surface area (Å²) in [5, 5.41) is 3.42. The zero-order valence-electron chi connectivity index (χ0n) is 12.1. The van der Waals surface area contributed by atoms with Crippen molar-refractivity contribution in [1.82, 2.24) is 5.32 Å². The van der Waals surface area contributed by atoms with Gasteiger partial charge in [-0.15, -0.1) is 6.58 Å². The first-order valence-electron chi connectivity index (χ1n) is 6.61. The predicted octanol–water partition coefficient (Wildman–Crippen LogP) is 3.87. The Kier molecular flexibility index (Phi) is 8.82. The smallest absolute Gasteiger partial charge is 0.175 e. The molecule has 20 heavy (non-hydrogen) atoms. The molecule has 1 N–H and O–H groups in total. The Labute approximate surface area is 134 Å². The summed E-state index contributed by atoms with van der Waals surface area (Å²) in [5.74, 6) is 3.62. The van der Waals surface area contributed by atoms with E-state index >= 15 is 0 Å². The van der Waals surface area contributed by atoms with E-state index in [1.807, 2.05) is 30.8 Å². The molecule has 0 saturated heterocycles. The highest BCUT2D eigenvalue weighted by molar-refractivity contribution is 9.10. The molecule has 0 fully saturated rings. The molecule has 3 nitrogen and oxygen atoms in total. The standard InChI is InChI=1S/C15H22BrNO2S/c1-4-7-20-8-6-17-11-12-9-13(16)15(19-5-2)14(10-12)18-3/h4,9-10,17H,1,5-8,11H2,2-3H3. The second-order valence-corrected chi connectivity index (χ2v) is 6.09. The van der Waals surface area contributed by atoms with Crippen molar-refractivity contribution in [3.05, 3.63) is 34.8 Å². The molecule has 0 heterocycles. The molecule has 0 aromatic heterocycles. The van der Waals surface area contributed by atoms with E-state index < -0.39 is 0 Å². The van der Waals surface area contributed by atoms with Crippen molar-refractivity contribution >= 4 is 27.7 Å². The zero-order valence-corrected chi connectivity index (χ0v) is 14.5. The average Bonchev–Trinajstić information content (AvgIpc) is 2.45. The molecule has 0 spiro atoms. The molecule has 0 unspecified atom stereocenters. The molecule has 0 aliphatic heterocycles. The maximum atomic E-state index is 5.58. The molecule has 0 aliphatic carbocycles. The lowest BCUT2D eigenvalue weighted by molar-refractivity contribution is 0.308. The Morgan fingerprint density at radius 1 is 1.45 bits per heavy atom. The Balaban J connectivity index is 2.54. The predicted molar refractivity (Wildman–Crippen MR) is 91.1 cm³/mol. The van der Waals surface area contributed by atoms with E-state index in [2.05, 4.69) is 33.9 Å². The quantitative estimate of drug-likeness (QED) is 0.507. The number of hydrogen-bond donors (Lipinski definition) is 1. The van der Waals surface area contributed by atoms with Crippen LogP contribution in [0.2, 0.25) is 0 Å². The number of ether oxygens (including phenoxy) is 2. The van der Waals surface area contributed by atoms with Crippen LogP contribution in [-0.2, 0) is 6.54 Å². The summed E-state index contributed by atoms with van der Waals surface area (Å²) in [5.41, 5.74) is 1.17. The Morgan fingerprint density at radius 3 is 2.90 bits per heavy atom. The number of halogens is 1. The summed E-state index contributed by atoms with van der Waals surface area (Å²) in [6.45, 7) is 8.08. The van der Waals surface area contributed by atoms with E-state index in [1.54, 1.807) is 7.11 Å². The fourth-order valence-electron chi connectivity index (χ4n) is 1.70. The van der Waals surface area contributed by atoms with Gasteiger partial charge in [0.15, 0.2) is 11.5 Å². The maximum Gasteiger partial charge on any atom is 0.175 e. The summed E-state index contributed by atoms with van der Waals surface area (Å²) in [6.07, 6.45) is 1.93. The third kappa shape index (κ3) is 5.77. The van der Waals surface area contributed by atoms with Crippen molar-refractivity contribution < 1.29 is 9.47 Å². The van der Waals surface area contributed by atoms with Crippen LogP contribution in [0, 0.1) is 0 Å². The highest BCUT2D eigenvalue weighted by Crippen LogP contribution is 2.36. The van der Waals surface area contributed by atoms with Crippen LogP contribution in [0.15, 0.2) is 29.3 Å². The van der Waals surface area contributed by atoms with Gasteiger partial charge < -0.3 is 14.8 Å². The van der Waals surface area contributed by atoms with Gasteiger partial charge in [-0.25, -0.2) is 0 Å². The number of methoxy groups -OCH3 is 1. The minimum absolute atomic E-state index is 0.618. The highest BCUT2D eigenvalue weighted by atomic mass is 79.9. The van der Waals surface area contributed by atoms with Crippen LogP contribution in [0.1, 0.15) is 12.5 Å². The van der Waals surface area contributed by atoms with E-state index in [0.29, 0.717) is 6.61 Å². The van der Waals surface area contributed by atoms with Crippen LogP contribution in [0.3, 0.4) is 0 Å². The summed E-state index contributed by atoms with van der Waals surface area (Å²) in [7, 11) is 1.66. The van der Waals surface area contributed by atoms with E-state index in [0.717, 1.165) is 40.6 Å². The van der Waals surface area contributed by atoms with Crippen LogP contribution in [0.5, 0.6) is 11.5 Å². The van der Waals surface area contributed by atoms with Gasteiger partial charge in [0.05, 0.1) is 18.2 Å². The molecule has 5 heteroatoms. The first-order chi connectivity index (χ1) is 9.72. The van der Waals surface area contributed by atoms with Gasteiger partial charge in [0, 0.05) is 24.6 Å². The Bertz CT molecular complexity index is 427. The second kappa shape index (κ2) is 10.1. The van der Waals surface area contributed by atoms with Crippen LogP contribution in [0.4, 0.5) is 0 Å². The van der Waals surface area contributed by atoms with Crippen molar-refractivity contribution in [2.75, 3.05) is 31.8 Å². The minimum atomic E-state index is 0.618. The molecular weight excluding hydrogens is 338 g/mol. The highest BCUT2D eigenvalue weighted by Gasteiger charge is 2.10. The number of thioether (sulfide) groups is 1. The Hall–Kier alpha value is -0.650. The molecule has 0 aliphatic rings. The van der Waals surface area contributed by atoms with Crippen molar-refractivity contribution in [2.24, 2.45) is 0 Å². The second-order valence-electron chi connectivity index (χ2n) is 4.08. The van der Waals surface area contributed by atoms with Crippen LogP contribution >= 0.6 is 27.7 Å². The first kappa shape index (κ1) is 17.4. The Morgan fingerprint density at radius 2 is 2.25 bits per heavy atom. The number of hydrogen-bond acceptors (Lipinski definition) is 4. The molecule has 112 valence electrons. The summed E-state index contributed by atoms with van der Waals surface area (Å²) in [4.78, 5) is 0. The van der Waals surface area contributed by atoms with Crippen LogP contribution in [0.25, 0.3) is 0 Å². The molecular formula is C15H22BrNO2S. The lowest BCUT2D eigenvalue weighted by atomic mass is 10.2. The lowest BCUT2D eigenvalue weighted by Crippen LogP contribution is -2.16. The third-order valence-electron chi connectivity index (χ3n) is 2.57. The van der Waals surface area contributed by atoms with E-state index in [9.17, 15) is 0 Å². The number of nitrogens with one attached hydrogen (secondary N) is 1. The number of benzene rings is 1. The fraction of sp³-hybridized carbons (Fsp3) is 0.467. The van der Waals surface area contributed by atoms with Gasteiger partial charge in [0.2, 0.25) is 0 Å². The van der Waals surface area contributed by atoms with Gasteiger partial charge in [0.1, 0.15) is 0 Å². The van der Waals surface area contributed by atoms with Gasteiger partial charge in [0.25, 0.3) is 0 Å². The van der Waals surface area contributed by atoms with Crippen LogP contribution in [-0.4, -0.2) is 31.8 Å². The molecule has 0 radical (unpaired) electrons. The largest absolute Gasteiger partial charge is 0.493 e. The molecule has 0 bridgehead atoms. The van der Waals surface area contributed by atoms with E-state index in [-0.39, 0.29) is 0 Å². The van der Waals surface area contributed by atoms with Gasteiger partial charge in [-0.05, 0) is 40.5 Å². The van der Waals surface area contributed by atoms with Crippen molar-refractivity contribution in [2.45, 2.75) is 13.5 Å². The van der Waals surface area contributed by atoms with Gasteiger partial charge >= 0.3 is 0 Å². The van der Waals surface area contributed by atoms with Crippen molar-refractivity contribution in [3.63, 3.8) is 0 Å². The lowest BCUT2D eigenvalue weighted by Gasteiger charge is -2.13. The molecule has 0 atom stereocenters. The molecule has 0 amide bonds. The summed E-state index contributed by atoms with van der Waals surface area (Å²) < 4.78 is 11.9. The van der Waals surface area contributed by atoms with E-state index in [4.69, 9.17) is 9.47 Å². The van der Waals surface area contributed by atoms with Crippen LogP contribution < -0.4 is 14.8 Å². The van der Waals surface area contributed by atoms with Gasteiger partial charge in [-0.2, -0.15) is 11.8 Å². The number of rotatable bonds is 10. The maximum absolute atomic E-state index is 5.58. The third-order valence-corrected chi connectivity index (χ3v) is 4.12. The normalized spacial score (nSPS) is 10.3. The summed E-state index contributed by atoms with van der Waals surface area (Å²) >= 11 is 5.41. The first-order valence-corrected chi connectivity index (χ1v) is 8.56. The molecule has 1 aromatic rings. The van der Waals surface area contributed by atoms with E-state index in [1.165, 1.54) is 5.56 Å². The fourth-order valence-corrected chi connectivity index (χ4v) is 2.93. The molecule has 1 aromatic carbocycles. The average molecular weight is 360 g/mol. The monoisotopic (exact) mass is 359 g/mol. The van der Waals surface area contributed by atoms with Gasteiger partial charge in [-0.3, -0.25) is 0 Å². The minimum Gasteiger partial charge on any atom is -0.493 e. The zero-order chi connectivity index (χ0) is 14.8. The molecule has 0 saturated carbocycles. The molecule has 1 rings (SSSR count).